The molecule has 0 spiro atoms. The molecule has 0 unspecified atom stereocenters. The SMILES string of the molecule is COc1ccc(C)cc1COC(=O)C[C@@H]1Oc2ccccc2NC1=O. The van der Waals surface area contributed by atoms with Crippen molar-refractivity contribution in [2.24, 2.45) is 0 Å². The Labute approximate surface area is 145 Å². The van der Waals surface area contributed by atoms with E-state index in [0.29, 0.717) is 17.2 Å². The van der Waals surface area contributed by atoms with Crippen molar-refractivity contribution in [1.82, 2.24) is 0 Å². The first-order valence-electron chi connectivity index (χ1n) is 7.92. The lowest BCUT2D eigenvalue weighted by Gasteiger charge is -2.25. The van der Waals surface area contributed by atoms with E-state index >= 15 is 0 Å². The summed E-state index contributed by atoms with van der Waals surface area (Å²) in [4.78, 5) is 24.2. The molecule has 1 aliphatic rings. The van der Waals surface area contributed by atoms with Gasteiger partial charge < -0.3 is 19.5 Å². The first-order chi connectivity index (χ1) is 12.1. The number of carbonyl (C=O) groups excluding carboxylic acids is 2. The van der Waals surface area contributed by atoms with Crippen molar-refractivity contribution < 1.29 is 23.8 Å². The molecule has 0 bridgehead atoms. The number of ether oxygens (including phenoxy) is 3. The number of rotatable bonds is 5. The van der Waals surface area contributed by atoms with E-state index in [1.165, 1.54) is 0 Å². The molecule has 1 heterocycles. The van der Waals surface area contributed by atoms with Gasteiger partial charge in [-0.1, -0.05) is 23.8 Å². The fraction of sp³-hybridized carbons (Fsp3) is 0.263. The highest BCUT2D eigenvalue weighted by molar-refractivity contribution is 5.99. The maximum atomic E-state index is 12.1. The van der Waals surface area contributed by atoms with Gasteiger partial charge in [-0.2, -0.15) is 0 Å². The van der Waals surface area contributed by atoms with Crippen LogP contribution in [0, 0.1) is 6.92 Å². The summed E-state index contributed by atoms with van der Waals surface area (Å²) in [6, 6.07) is 12.7. The van der Waals surface area contributed by atoms with Crippen LogP contribution in [0.4, 0.5) is 5.69 Å². The fourth-order valence-corrected chi connectivity index (χ4v) is 2.62. The Morgan fingerprint density at radius 3 is 2.84 bits per heavy atom. The number of benzene rings is 2. The van der Waals surface area contributed by atoms with Gasteiger partial charge in [0.05, 0.1) is 19.2 Å². The first kappa shape index (κ1) is 16.8. The number of para-hydroxylation sites is 2. The van der Waals surface area contributed by atoms with Gasteiger partial charge in [-0.25, -0.2) is 0 Å². The number of amides is 1. The second-order valence-corrected chi connectivity index (χ2v) is 5.77. The number of anilines is 1. The number of fused-ring (bicyclic) bond motifs is 1. The van der Waals surface area contributed by atoms with Crippen LogP contribution >= 0.6 is 0 Å². The number of nitrogens with one attached hydrogen (secondary N) is 1. The standard InChI is InChI=1S/C19H19NO5/c1-12-7-8-15(23-2)13(9-12)11-24-18(21)10-17-19(22)20-14-5-3-4-6-16(14)25-17/h3-9,17H,10-11H2,1-2H3,(H,20,22)/t17-/m0/s1. The van der Waals surface area contributed by atoms with Crippen LogP contribution in [0.25, 0.3) is 0 Å². The molecule has 3 rings (SSSR count). The first-order valence-corrected chi connectivity index (χ1v) is 7.92. The largest absolute Gasteiger partial charge is 0.496 e. The van der Waals surface area contributed by atoms with E-state index in [2.05, 4.69) is 5.32 Å². The summed E-state index contributed by atoms with van der Waals surface area (Å²) < 4.78 is 16.1. The molecular weight excluding hydrogens is 322 g/mol. The van der Waals surface area contributed by atoms with E-state index in [1.807, 2.05) is 25.1 Å². The highest BCUT2D eigenvalue weighted by atomic mass is 16.5. The molecule has 0 aromatic heterocycles. The number of carbonyl (C=O) groups is 2. The highest BCUT2D eigenvalue weighted by Crippen LogP contribution is 2.29. The second kappa shape index (κ2) is 7.25. The molecule has 130 valence electrons. The molecule has 0 fully saturated rings. The minimum absolute atomic E-state index is 0.0780. The molecule has 0 saturated heterocycles. The summed E-state index contributed by atoms with van der Waals surface area (Å²) >= 11 is 0. The third-order valence-corrected chi connectivity index (χ3v) is 3.88. The van der Waals surface area contributed by atoms with E-state index in [-0.39, 0.29) is 18.9 Å². The van der Waals surface area contributed by atoms with E-state index in [4.69, 9.17) is 14.2 Å². The number of hydrogen-bond donors (Lipinski definition) is 1. The summed E-state index contributed by atoms with van der Waals surface area (Å²) in [6.45, 7) is 2.02. The fourth-order valence-electron chi connectivity index (χ4n) is 2.62. The van der Waals surface area contributed by atoms with Crippen molar-refractivity contribution >= 4 is 17.6 Å². The van der Waals surface area contributed by atoms with Crippen LogP contribution < -0.4 is 14.8 Å². The Kier molecular flexibility index (Phi) is 4.88. The highest BCUT2D eigenvalue weighted by Gasteiger charge is 2.30. The molecule has 25 heavy (non-hydrogen) atoms. The predicted octanol–water partition coefficient (Wildman–Crippen LogP) is 2.84. The van der Waals surface area contributed by atoms with Gasteiger partial charge in [0, 0.05) is 5.56 Å². The molecule has 1 amide bonds. The zero-order valence-corrected chi connectivity index (χ0v) is 14.1. The van der Waals surface area contributed by atoms with E-state index in [0.717, 1.165) is 11.1 Å². The average molecular weight is 341 g/mol. The Morgan fingerprint density at radius 1 is 1.24 bits per heavy atom. The Hall–Kier alpha value is -3.02. The summed E-state index contributed by atoms with van der Waals surface area (Å²) in [7, 11) is 1.56. The summed E-state index contributed by atoms with van der Waals surface area (Å²) in [5.41, 5.74) is 2.41. The Morgan fingerprint density at radius 2 is 2.04 bits per heavy atom. The minimum Gasteiger partial charge on any atom is -0.496 e. The van der Waals surface area contributed by atoms with Crippen LogP contribution in [-0.2, 0) is 20.9 Å². The normalized spacial score (nSPS) is 15.6. The van der Waals surface area contributed by atoms with Crippen molar-refractivity contribution in [1.29, 1.82) is 0 Å². The van der Waals surface area contributed by atoms with Gasteiger partial charge in [0.2, 0.25) is 0 Å². The van der Waals surface area contributed by atoms with Crippen molar-refractivity contribution in [3.8, 4) is 11.5 Å². The number of methoxy groups -OCH3 is 1. The monoisotopic (exact) mass is 341 g/mol. The second-order valence-electron chi connectivity index (χ2n) is 5.77. The van der Waals surface area contributed by atoms with Gasteiger partial charge in [0.15, 0.2) is 6.10 Å². The summed E-state index contributed by atoms with van der Waals surface area (Å²) in [6.07, 6.45) is -1.06. The quantitative estimate of drug-likeness (QED) is 0.847. The van der Waals surface area contributed by atoms with E-state index in [1.54, 1.807) is 31.4 Å². The topological polar surface area (TPSA) is 73.9 Å². The molecule has 0 radical (unpaired) electrons. The van der Waals surface area contributed by atoms with Crippen LogP contribution in [-0.4, -0.2) is 25.1 Å². The van der Waals surface area contributed by atoms with Crippen LogP contribution in [0.3, 0.4) is 0 Å². The van der Waals surface area contributed by atoms with Gasteiger partial charge in [0.1, 0.15) is 18.1 Å². The molecule has 0 aliphatic carbocycles. The van der Waals surface area contributed by atoms with Gasteiger partial charge >= 0.3 is 5.97 Å². The Balaban J connectivity index is 1.60. The smallest absolute Gasteiger partial charge is 0.310 e. The van der Waals surface area contributed by atoms with Crippen LogP contribution in [0.5, 0.6) is 11.5 Å². The van der Waals surface area contributed by atoms with Crippen molar-refractivity contribution in [3.63, 3.8) is 0 Å². The van der Waals surface area contributed by atoms with E-state index in [9.17, 15) is 9.59 Å². The molecule has 2 aromatic carbocycles. The molecule has 6 nitrogen and oxygen atoms in total. The van der Waals surface area contributed by atoms with Gasteiger partial charge in [-0.05, 0) is 31.2 Å². The van der Waals surface area contributed by atoms with Crippen molar-refractivity contribution in [2.45, 2.75) is 26.1 Å². The van der Waals surface area contributed by atoms with E-state index < -0.39 is 12.1 Å². The number of esters is 1. The van der Waals surface area contributed by atoms with Crippen LogP contribution in [0.2, 0.25) is 0 Å². The maximum Gasteiger partial charge on any atom is 0.310 e. The zero-order valence-electron chi connectivity index (χ0n) is 14.1. The number of aryl methyl sites for hydroxylation is 1. The van der Waals surface area contributed by atoms with Crippen LogP contribution in [0.15, 0.2) is 42.5 Å². The Bertz CT molecular complexity index is 802. The van der Waals surface area contributed by atoms with Gasteiger partial charge in [-0.3, -0.25) is 9.59 Å². The molecule has 0 saturated carbocycles. The average Bonchev–Trinajstić information content (AvgIpc) is 2.60. The molecule has 1 atom stereocenters. The lowest BCUT2D eigenvalue weighted by atomic mass is 10.1. The van der Waals surface area contributed by atoms with Crippen molar-refractivity contribution in [3.05, 3.63) is 53.6 Å². The number of hydrogen-bond acceptors (Lipinski definition) is 5. The third-order valence-electron chi connectivity index (χ3n) is 3.88. The molecule has 6 heteroatoms. The molecule has 2 aromatic rings. The molecular formula is C19H19NO5. The predicted molar refractivity (Wildman–Crippen MR) is 91.6 cm³/mol. The third kappa shape index (κ3) is 3.91. The summed E-state index contributed by atoms with van der Waals surface area (Å²) in [5, 5.41) is 2.72. The maximum absolute atomic E-state index is 12.1. The minimum atomic E-state index is -0.901. The lowest BCUT2D eigenvalue weighted by molar-refractivity contribution is -0.149. The van der Waals surface area contributed by atoms with Gasteiger partial charge in [-0.15, -0.1) is 0 Å². The zero-order chi connectivity index (χ0) is 17.8. The van der Waals surface area contributed by atoms with Crippen molar-refractivity contribution in [2.75, 3.05) is 12.4 Å². The van der Waals surface area contributed by atoms with Gasteiger partial charge in [0.25, 0.3) is 5.91 Å². The lowest BCUT2D eigenvalue weighted by Crippen LogP contribution is -2.38. The summed E-state index contributed by atoms with van der Waals surface area (Å²) in [5.74, 6) is 0.325. The molecule has 1 aliphatic heterocycles. The van der Waals surface area contributed by atoms with Crippen LogP contribution in [0.1, 0.15) is 17.5 Å². The molecule has 1 N–H and O–H groups in total.